The summed E-state index contributed by atoms with van der Waals surface area (Å²) in [6.45, 7) is 7.84. The fourth-order valence-electron chi connectivity index (χ4n) is 2.95. The lowest BCUT2D eigenvalue weighted by Crippen LogP contribution is -2.58. The van der Waals surface area contributed by atoms with Crippen LogP contribution >= 0.6 is 0 Å². The minimum Gasteiger partial charge on any atom is -0.339 e. The zero-order chi connectivity index (χ0) is 16.6. The van der Waals surface area contributed by atoms with E-state index in [9.17, 15) is 9.59 Å². The van der Waals surface area contributed by atoms with Gasteiger partial charge >= 0.3 is 0 Å². The molecule has 0 spiro atoms. The topological polar surface area (TPSA) is 70.8 Å². The summed E-state index contributed by atoms with van der Waals surface area (Å²) in [6.07, 6.45) is 3.26. The van der Waals surface area contributed by atoms with E-state index in [2.05, 4.69) is 24.0 Å². The molecule has 1 saturated heterocycles. The number of carbonyl (C=O) groups is 2. The molecule has 122 valence electrons. The fourth-order valence-corrected chi connectivity index (χ4v) is 2.95. The van der Waals surface area contributed by atoms with E-state index in [0.29, 0.717) is 30.2 Å². The molecule has 0 bridgehead atoms. The van der Waals surface area contributed by atoms with Gasteiger partial charge in [0.15, 0.2) is 5.65 Å². The van der Waals surface area contributed by atoms with Crippen LogP contribution in [0.15, 0.2) is 24.7 Å². The second-order valence-electron chi connectivity index (χ2n) is 6.37. The highest BCUT2D eigenvalue weighted by Crippen LogP contribution is 2.16. The number of hydrogen-bond acceptors (Lipinski definition) is 4. The number of amides is 2. The molecule has 2 aromatic rings. The van der Waals surface area contributed by atoms with Gasteiger partial charge in [-0.25, -0.2) is 0 Å². The molecule has 1 aliphatic heterocycles. The van der Waals surface area contributed by atoms with Gasteiger partial charge in [0, 0.05) is 25.8 Å². The Morgan fingerprint density at radius 3 is 2.87 bits per heavy atom. The molecule has 0 saturated carbocycles. The van der Waals surface area contributed by atoms with Crippen LogP contribution < -0.4 is 0 Å². The van der Waals surface area contributed by atoms with Crippen LogP contribution in [0.5, 0.6) is 0 Å². The molecule has 1 aliphatic rings. The fraction of sp³-hybridized carbons (Fsp3) is 0.500. The highest BCUT2D eigenvalue weighted by molar-refractivity contribution is 5.98. The first-order valence-corrected chi connectivity index (χ1v) is 7.86. The van der Waals surface area contributed by atoms with Gasteiger partial charge in [-0.3, -0.25) is 14.0 Å². The van der Waals surface area contributed by atoms with Crippen LogP contribution in [0.2, 0.25) is 0 Å². The van der Waals surface area contributed by atoms with Gasteiger partial charge in [0.2, 0.25) is 5.91 Å². The summed E-state index contributed by atoms with van der Waals surface area (Å²) in [5, 5.41) is 7.73. The molecule has 2 amide bonds. The minimum atomic E-state index is -0.438. The highest BCUT2D eigenvalue weighted by atomic mass is 16.2. The van der Waals surface area contributed by atoms with Crippen LogP contribution in [0.4, 0.5) is 0 Å². The minimum absolute atomic E-state index is 0.0173. The molecule has 0 aliphatic carbocycles. The molecule has 3 heterocycles. The zero-order valence-corrected chi connectivity index (χ0v) is 13.6. The van der Waals surface area contributed by atoms with Crippen molar-refractivity contribution in [3.05, 3.63) is 30.2 Å². The Bertz CT molecular complexity index is 739. The van der Waals surface area contributed by atoms with Crippen LogP contribution in [0.25, 0.3) is 5.65 Å². The highest BCUT2D eigenvalue weighted by Gasteiger charge is 2.34. The van der Waals surface area contributed by atoms with Gasteiger partial charge in [-0.05, 0) is 25.0 Å². The quantitative estimate of drug-likeness (QED) is 0.849. The predicted octanol–water partition coefficient (Wildman–Crippen LogP) is 1.06. The molecular formula is C16H21N5O2. The third kappa shape index (κ3) is 2.91. The third-order valence-corrected chi connectivity index (χ3v) is 4.13. The van der Waals surface area contributed by atoms with Crippen molar-refractivity contribution in [3.8, 4) is 0 Å². The lowest BCUT2D eigenvalue weighted by atomic mass is 10.1. The Morgan fingerprint density at radius 2 is 2.13 bits per heavy atom. The standard InChI is InChI=1S/C16H21N5O2/c1-11(2)8-19-6-7-21(12(3)15(19)22)16(23)13-4-5-14-18-17-10-20(14)9-13/h4-5,9-12H,6-8H2,1-3H3. The van der Waals surface area contributed by atoms with Crippen molar-refractivity contribution in [1.29, 1.82) is 0 Å². The molecule has 0 aromatic carbocycles. The van der Waals surface area contributed by atoms with Gasteiger partial charge in [0.05, 0.1) is 5.56 Å². The largest absolute Gasteiger partial charge is 0.339 e. The second kappa shape index (κ2) is 5.98. The van der Waals surface area contributed by atoms with Crippen molar-refractivity contribution in [2.75, 3.05) is 19.6 Å². The Balaban J connectivity index is 1.78. The maximum atomic E-state index is 12.8. The van der Waals surface area contributed by atoms with Crippen LogP contribution in [-0.4, -0.2) is 61.9 Å². The molecule has 0 radical (unpaired) electrons. The second-order valence-corrected chi connectivity index (χ2v) is 6.37. The van der Waals surface area contributed by atoms with Crippen molar-refractivity contribution in [2.45, 2.75) is 26.8 Å². The molecule has 7 heteroatoms. The number of rotatable bonds is 3. The molecule has 23 heavy (non-hydrogen) atoms. The number of nitrogens with zero attached hydrogens (tertiary/aromatic N) is 5. The summed E-state index contributed by atoms with van der Waals surface area (Å²) in [5.74, 6) is 0.305. The van der Waals surface area contributed by atoms with Gasteiger partial charge in [-0.1, -0.05) is 13.8 Å². The average Bonchev–Trinajstić information content (AvgIpc) is 2.98. The number of piperazine rings is 1. The van der Waals surface area contributed by atoms with E-state index >= 15 is 0 Å². The van der Waals surface area contributed by atoms with E-state index in [-0.39, 0.29) is 11.8 Å². The Labute approximate surface area is 134 Å². The molecule has 2 aromatic heterocycles. The average molecular weight is 315 g/mol. The molecule has 1 fully saturated rings. The van der Waals surface area contributed by atoms with Crippen LogP contribution in [0.1, 0.15) is 31.1 Å². The number of pyridine rings is 1. The zero-order valence-electron chi connectivity index (χ0n) is 13.6. The smallest absolute Gasteiger partial charge is 0.256 e. The third-order valence-electron chi connectivity index (χ3n) is 4.13. The van der Waals surface area contributed by atoms with Gasteiger partial charge in [-0.15, -0.1) is 10.2 Å². The van der Waals surface area contributed by atoms with Crippen molar-refractivity contribution in [3.63, 3.8) is 0 Å². The Kier molecular flexibility index (Phi) is 4.02. The molecule has 7 nitrogen and oxygen atoms in total. The van der Waals surface area contributed by atoms with Gasteiger partial charge in [-0.2, -0.15) is 0 Å². The first kappa shape index (κ1) is 15.5. The monoisotopic (exact) mass is 315 g/mol. The summed E-state index contributed by atoms with van der Waals surface area (Å²) in [4.78, 5) is 28.7. The molecule has 1 unspecified atom stereocenters. The Morgan fingerprint density at radius 1 is 1.35 bits per heavy atom. The molecular weight excluding hydrogens is 294 g/mol. The van der Waals surface area contributed by atoms with Crippen molar-refractivity contribution in [2.24, 2.45) is 5.92 Å². The summed E-state index contributed by atoms with van der Waals surface area (Å²) >= 11 is 0. The van der Waals surface area contributed by atoms with Gasteiger partial charge < -0.3 is 9.80 Å². The molecule has 3 rings (SSSR count). The van der Waals surface area contributed by atoms with E-state index in [4.69, 9.17) is 0 Å². The number of hydrogen-bond donors (Lipinski definition) is 0. The van der Waals surface area contributed by atoms with Crippen LogP contribution in [-0.2, 0) is 4.79 Å². The Hall–Kier alpha value is -2.44. The summed E-state index contributed by atoms with van der Waals surface area (Å²) in [7, 11) is 0. The number of carbonyl (C=O) groups excluding carboxylic acids is 2. The van der Waals surface area contributed by atoms with E-state index in [1.807, 2.05) is 4.90 Å². The van der Waals surface area contributed by atoms with E-state index in [1.165, 1.54) is 0 Å². The molecule has 1 atom stereocenters. The maximum absolute atomic E-state index is 12.8. The van der Waals surface area contributed by atoms with Crippen molar-refractivity contribution in [1.82, 2.24) is 24.4 Å². The maximum Gasteiger partial charge on any atom is 0.256 e. The van der Waals surface area contributed by atoms with Gasteiger partial charge in [0.1, 0.15) is 12.4 Å². The van der Waals surface area contributed by atoms with Gasteiger partial charge in [0.25, 0.3) is 5.91 Å². The normalized spacial score (nSPS) is 19.0. The van der Waals surface area contributed by atoms with Crippen molar-refractivity contribution >= 4 is 17.5 Å². The SMILES string of the molecule is CC(C)CN1CCN(C(=O)c2ccc3nncn3c2)C(C)C1=O. The van der Waals surface area contributed by atoms with E-state index < -0.39 is 6.04 Å². The molecule has 0 N–H and O–H groups in total. The van der Waals surface area contributed by atoms with Crippen LogP contribution in [0.3, 0.4) is 0 Å². The first-order valence-electron chi connectivity index (χ1n) is 7.86. The summed E-state index contributed by atoms with van der Waals surface area (Å²) in [6, 6.07) is 3.04. The first-order chi connectivity index (χ1) is 11.0. The van der Waals surface area contributed by atoms with E-state index in [0.717, 1.165) is 6.54 Å². The number of aromatic nitrogens is 3. The lowest BCUT2D eigenvalue weighted by molar-refractivity contribution is -0.140. The lowest BCUT2D eigenvalue weighted by Gasteiger charge is -2.39. The van der Waals surface area contributed by atoms with E-state index in [1.54, 1.807) is 40.9 Å². The van der Waals surface area contributed by atoms with Crippen LogP contribution in [0, 0.1) is 5.92 Å². The summed E-state index contributed by atoms with van der Waals surface area (Å²) < 4.78 is 1.70. The number of fused-ring (bicyclic) bond motifs is 1. The predicted molar refractivity (Wildman–Crippen MR) is 84.9 cm³/mol. The van der Waals surface area contributed by atoms with Crippen molar-refractivity contribution < 1.29 is 9.59 Å². The summed E-state index contributed by atoms with van der Waals surface area (Å²) in [5.41, 5.74) is 1.22.